The van der Waals surface area contributed by atoms with Crippen LogP contribution in [0.2, 0.25) is 0 Å². The third-order valence-corrected chi connectivity index (χ3v) is 14.0. The second-order valence-electron chi connectivity index (χ2n) is 17.8. The fourth-order valence-electron chi connectivity index (χ4n) is 7.75. The van der Waals surface area contributed by atoms with Crippen LogP contribution >= 0.6 is 21.6 Å². The molecule has 18 N–H and O–H groups in total. The number of primary amides is 2. The van der Waals surface area contributed by atoms with Crippen molar-refractivity contribution in [1.29, 1.82) is 0 Å². The number of hydrogen-bond acceptors (Lipinski definition) is 15. The molecule has 2 aromatic rings. The van der Waals surface area contributed by atoms with E-state index in [1.54, 1.807) is 56.3 Å². The molecule has 73 heavy (non-hydrogen) atoms. The highest BCUT2D eigenvalue weighted by molar-refractivity contribution is 8.76. The van der Waals surface area contributed by atoms with Crippen LogP contribution in [0.4, 0.5) is 0 Å². The van der Waals surface area contributed by atoms with Crippen LogP contribution < -0.4 is 65.9 Å². The van der Waals surface area contributed by atoms with Crippen LogP contribution in [-0.2, 0) is 60.8 Å². The summed E-state index contributed by atoms with van der Waals surface area (Å²) in [6, 6.07) is 3.86. The Morgan fingerprint density at radius 3 is 1.96 bits per heavy atom. The summed E-state index contributed by atoms with van der Waals surface area (Å²) in [6.07, 6.45) is -0.162. The lowest BCUT2D eigenvalue weighted by Gasteiger charge is -2.31. The lowest BCUT2D eigenvalue weighted by atomic mass is 9.99. The number of carbonyl (C=O) groups excluding carboxylic acids is 10. The molecule has 0 spiro atoms. The number of rotatable bonds is 17. The van der Waals surface area contributed by atoms with E-state index in [0.29, 0.717) is 17.5 Å². The van der Waals surface area contributed by atoms with Gasteiger partial charge in [-0.05, 0) is 54.9 Å². The summed E-state index contributed by atoms with van der Waals surface area (Å²) in [6.45, 7) is 2.85. The molecule has 0 aromatic heterocycles. The van der Waals surface area contributed by atoms with E-state index in [1.165, 1.54) is 17.0 Å². The van der Waals surface area contributed by atoms with Crippen molar-refractivity contribution < 1.29 is 53.1 Å². The van der Waals surface area contributed by atoms with E-state index in [2.05, 4.69) is 42.2 Å². The van der Waals surface area contributed by atoms with Crippen molar-refractivity contribution in [2.24, 2.45) is 39.6 Å². The van der Waals surface area contributed by atoms with Gasteiger partial charge in [-0.3, -0.25) is 52.9 Å². The number of hydrogen-bond donors (Lipinski definition) is 13. The third-order valence-electron chi connectivity index (χ3n) is 11.6. The minimum atomic E-state index is -1.68. The van der Waals surface area contributed by atoms with Crippen molar-refractivity contribution in [3.63, 3.8) is 0 Å². The van der Waals surface area contributed by atoms with E-state index in [9.17, 15) is 53.1 Å². The molecule has 8 atom stereocenters. The number of nitrogens with one attached hydrogen (secondary N) is 7. The number of likely N-dealkylation sites (tertiary alicyclic amines) is 1. The zero-order valence-electron chi connectivity index (χ0n) is 40.5. The van der Waals surface area contributed by atoms with Gasteiger partial charge in [0.25, 0.3) is 0 Å². The lowest BCUT2D eigenvalue weighted by molar-refractivity contribution is -0.142. The molecule has 0 bridgehead atoms. The molecule has 2 heterocycles. The lowest BCUT2D eigenvalue weighted by Crippen LogP contribution is -2.62. The van der Waals surface area contributed by atoms with E-state index < -0.39 is 126 Å². The Kier molecular flexibility index (Phi) is 23.0. The molecule has 2 aromatic carbocycles. The van der Waals surface area contributed by atoms with Gasteiger partial charge in [0, 0.05) is 37.4 Å². The van der Waals surface area contributed by atoms with E-state index in [0.717, 1.165) is 21.6 Å². The number of phenolic OH excluding ortho intramolecular Hbond substituents is 1. The molecule has 398 valence electrons. The average Bonchev–Trinajstić information content (AvgIpc) is 3.84. The van der Waals surface area contributed by atoms with Crippen LogP contribution in [0, 0.1) is 5.92 Å². The smallest absolute Gasteiger partial charge is 0.246 e. The number of aliphatic imine (C=N–C) groups is 1. The number of amides is 10. The molecule has 0 aliphatic carbocycles. The molecule has 0 saturated carbocycles. The second kappa shape index (κ2) is 28.8. The molecule has 2 fully saturated rings. The molecule has 2 aliphatic rings. The highest BCUT2D eigenvalue weighted by Gasteiger charge is 2.41. The van der Waals surface area contributed by atoms with Crippen LogP contribution in [0.3, 0.4) is 0 Å². The van der Waals surface area contributed by atoms with Gasteiger partial charge in [-0.1, -0.05) is 77.9 Å². The monoisotopic (exact) mass is 1050 g/mol. The Balaban J connectivity index is 1.68. The molecule has 2 saturated heterocycles. The minimum absolute atomic E-state index is 0.0232. The van der Waals surface area contributed by atoms with Crippen LogP contribution in [-0.4, -0.2) is 155 Å². The summed E-state index contributed by atoms with van der Waals surface area (Å²) >= 11 is 0. The van der Waals surface area contributed by atoms with Crippen molar-refractivity contribution in [2.75, 3.05) is 31.1 Å². The number of aromatic hydroxyl groups is 1. The fraction of sp³-hybridized carbons (Fsp3) is 0.500. The molecule has 10 amide bonds. The number of guanidine groups is 1. The Morgan fingerprint density at radius 2 is 1.34 bits per heavy atom. The van der Waals surface area contributed by atoms with Crippen molar-refractivity contribution in [1.82, 2.24) is 42.1 Å². The summed E-state index contributed by atoms with van der Waals surface area (Å²) in [4.78, 5) is 141. The normalized spacial score (nSPS) is 23.0. The first-order valence-electron chi connectivity index (χ1n) is 23.5. The zero-order chi connectivity index (χ0) is 53.8. The predicted molar refractivity (Wildman–Crippen MR) is 272 cm³/mol. The molecule has 0 radical (unpaired) electrons. The maximum absolute atomic E-state index is 14.6. The molecule has 27 heteroatoms. The quantitative estimate of drug-likeness (QED) is 0.0311. The van der Waals surface area contributed by atoms with Gasteiger partial charge in [0.2, 0.25) is 59.1 Å². The first kappa shape index (κ1) is 58.4. The second-order valence-corrected chi connectivity index (χ2v) is 20.3. The number of benzene rings is 2. The van der Waals surface area contributed by atoms with Gasteiger partial charge in [-0.2, -0.15) is 0 Å². The topological polar surface area (TPSA) is 421 Å². The largest absolute Gasteiger partial charge is 0.508 e. The van der Waals surface area contributed by atoms with Crippen LogP contribution in [0.5, 0.6) is 5.75 Å². The molecule has 2 aliphatic heterocycles. The molecule has 8 unspecified atom stereocenters. The van der Waals surface area contributed by atoms with E-state index in [4.69, 9.17) is 28.7 Å². The number of phenols is 1. The van der Waals surface area contributed by atoms with E-state index in [-0.39, 0.29) is 68.4 Å². The fourth-order valence-corrected chi connectivity index (χ4v) is 10.0. The van der Waals surface area contributed by atoms with Crippen molar-refractivity contribution in [3.8, 4) is 5.75 Å². The third kappa shape index (κ3) is 19.1. The summed E-state index contributed by atoms with van der Waals surface area (Å²) in [5.74, 6) is -9.49. The molecule has 4 rings (SSSR count). The van der Waals surface area contributed by atoms with Gasteiger partial charge >= 0.3 is 0 Å². The maximum Gasteiger partial charge on any atom is 0.246 e. The Labute approximate surface area is 429 Å². The zero-order valence-corrected chi connectivity index (χ0v) is 42.1. The Morgan fingerprint density at radius 1 is 0.753 bits per heavy atom. The average molecular weight is 1060 g/mol. The minimum Gasteiger partial charge on any atom is -0.508 e. The van der Waals surface area contributed by atoms with E-state index in [1.807, 2.05) is 0 Å². The molecular weight excluding hydrogens is 989 g/mol. The Hall–Kier alpha value is -7.13. The van der Waals surface area contributed by atoms with Crippen molar-refractivity contribution in [3.05, 3.63) is 65.7 Å². The van der Waals surface area contributed by atoms with Gasteiger partial charge in [-0.15, -0.1) is 0 Å². The SMILES string of the molecule is CC(C)C1NC(=O)C(Cc2ccccc2)NC(=O)C(Cc2ccc(O)cc2)NC(=O)C(N)CSSCC(C(=O)N2CCCC2C(=O)NC(CCCN=C(N)N)C(=O)NCC(N)=O)NC(=O)C(CC(N)=O)NC1=O. The van der Waals surface area contributed by atoms with Gasteiger partial charge in [0.05, 0.1) is 19.0 Å². The summed E-state index contributed by atoms with van der Waals surface area (Å²) < 4.78 is 0. The van der Waals surface area contributed by atoms with E-state index >= 15 is 0 Å². The predicted octanol–water partition coefficient (Wildman–Crippen LogP) is -4.01. The van der Waals surface area contributed by atoms with Crippen molar-refractivity contribution in [2.45, 2.75) is 107 Å². The first-order chi connectivity index (χ1) is 34.6. The van der Waals surface area contributed by atoms with Gasteiger partial charge in [0.1, 0.15) is 48.0 Å². The maximum atomic E-state index is 14.6. The number of carbonyl (C=O) groups is 10. The standard InChI is InChI=1S/C46H66N14O11S2/c1-24(2)37-44(70)57-32(20-35(48)62)41(67)58-33(45(71)60-17-7-11-34(60)43(69)54-29(10-6-16-52-46(50)51)39(65)53-21-36(49)63)23-73-72-22-28(47)38(64)55-30(19-26-12-14-27(61)15-13-26)40(66)56-31(42(68)59-37)18-25-8-4-3-5-9-25/h3-5,8-9,12-15,24,28-34,37,61H,6-7,10-11,16-23,47H2,1-2H3,(H2,48,62)(H2,49,63)(H,53,65)(H,54,69)(H,55,64)(H,56,66)(H,57,70)(H,58,67)(H,59,68)(H4,50,51,52). The highest BCUT2D eigenvalue weighted by Crippen LogP contribution is 2.26. The number of nitrogens with two attached hydrogens (primary N) is 5. The summed E-state index contributed by atoms with van der Waals surface area (Å²) in [7, 11) is 2.07. The summed E-state index contributed by atoms with van der Waals surface area (Å²) in [5, 5.41) is 28.1. The van der Waals surface area contributed by atoms with Crippen LogP contribution in [0.1, 0.15) is 57.1 Å². The molecular formula is C46H66N14O11S2. The first-order valence-corrected chi connectivity index (χ1v) is 26.0. The van der Waals surface area contributed by atoms with Gasteiger partial charge in [0.15, 0.2) is 5.96 Å². The van der Waals surface area contributed by atoms with Crippen LogP contribution in [0.15, 0.2) is 59.6 Å². The van der Waals surface area contributed by atoms with Gasteiger partial charge < -0.3 is 75.9 Å². The highest BCUT2D eigenvalue weighted by atomic mass is 33.1. The summed E-state index contributed by atoms with van der Waals surface area (Å²) in [5.41, 5.74) is 29.1. The Bertz CT molecular complexity index is 2320. The molecule has 25 nitrogen and oxygen atoms in total. The van der Waals surface area contributed by atoms with Crippen LogP contribution in [0.25, 0.3) is 0 Å². The van der Waals surface area contributed by atoms with Crippen molar-refractivity contribution >= 4 is 86.6 Å². The number of nitrogens with zero attached hydrogens (tertiary/aromatic N) is 2. The van der Waals surface area contributed by atoms with Gasteiger partial charge in [-0.25, -0.2) is 0 Å².